The van der Waals surface area contributed by atoms with Crippen LogP contribution in [0.4, 0.5) is 0 Å². The molecule has 5 fully saturated rings. The summed E-state index contributed by atoms with van der Waals surface area (Å²) < 4.78 is 28.6. The summed E-state index contributed by atoms with van der Waals surface area (Å²) in [5.41, 5.74) is -0.417. The normalized spacial score (nSPS) is 44.4. The van der Waals surface area contributed by atoms with Crippen molar-refractivity contribution in [2.75, 3.05) is 52.9 Å². The molecule has 9 atom stereocenters. The Labute approximate surface area is 244 Å². The van der Waals surface area contributed by atoms with Crippen molar-refractivity contribution in [2.45, 2.75) is 89.9 Å². The Kier molecular flexibility index (Phi) is 8.31. The van der Waals surface area contributed by atoms with Crippen LogP contribution in [0.3, 0.4) is 0 Å². The summed E-state index contributed by atoms with van der Waals surface area (Å²) in [6.45, 7) is 11.8. The van der Waals surface area contributed by atoms with E-state index < -0.39 is 17.1 Å². The number of morpholine rings is 1. The van der Waals surface area contributed by atoms with Crippen molar-refractivity contribution in [1.82, 2.24) is 4.90 Å². The summed E-state index contributed by atoms with van der Waals surface area (Å²) in [5.74, 6) is 0.231. The number of hydrogen-bond acceptors (Lipinski definition) is 9. The first-order valence-corrected chi connectivity index (χ1v) is 15.9. The number of cyclic esters (lactones) is 1. The van der Waals surface area contributed by atoms with Gasteiger partial charge in [0.05, 0.1) is 31.5 Å². The van der Waals surface area contributed by atoms with Gasteiger partial charge in [-0.25, -0.2) is 4.79 Å². The van der Waals surface area contributed by atoms with Crippen molar-refractivity contribution < 1.29 is 38.4 Å². The van der Waals surface area contributed by atoms with E-state index in [0.717, 1.165) is 83.4 Å². The van der Waals surface area contributed by atoms with E-state index in [1.54, 1.807) is 6.08 Å². The molecule has 4 aliphatic carbocycles. The van der Waals surface area contributed by atoms with Gasteiger partial charge in [0, 0.05) is 50.4 Å². The highest BCUT2D eigenvalue weighted by Gasteiger charge is 2.71. The molecule has 1 saturated heterocycles. The van der Waals surface area contributed by atoms with Gasteiger partial charge >= 0.3 is 11.9 Å². The van der Waals surface area contributed by atoms with Gasteiger partial charge in [0.2, 0.25) is 0 Å². The minimum atomic E-state index is -0.956. The first-order valence-electron chi connectivity index (χ1n) is 15.9. The van der Waals surface area contributed by atoms with Gasteiger partial charge < -0.3 is 28.8 Å². The lowest BCUT2D eigenvalue weighted by Crippen LogP contribution is -2.62. The third-order valence-corrected chi connectivity index (χ3v) is 12.2. The molecule has 0 amide bonds. The molecule has 0 unspecified atom stereocenters. The van der Waals surface area contributed by atoms with E-state index in [1.807, 2.05) is 0 Å². The molecule has 230 valence electrons. The largest absolute Gasteiger partial charge is 0.462 e. The van der Waals surface area contributed by atoms with Crippen LogP contribution in [0.25, 0.3) is 0 Å². The first kappa shape index (κ1) is 29.5. The fourth-order valence-electron chi connectivity index (χ4n) is 10.1. The van der Waals surface area contributed by atoms with Crippen molar-refractivity contribution in [3.05, 3.63) is 11.6 Å². The van der Waals surface area contributed by atoms with Gasteiger partial charge in [0.25, 0.3) is 0 Å². The maximum Gasteiger partial charge on any atom is 0.331 e. The SMILES string of the molecule is CC(=O)O[C@H]1C[C@]2(O)[C@@H]3CC[C@@H]4C[C@@H](OCOCCN5CCOCC5)CC[C@]4(C)[C@H]3CC[C@]2(C)[C@H]1C1=CC(=O)OC1. The summed E-state index contributed by atoms with van der Waals surface area (Å²) in [7, 11) is 0. The molecule has 41 heavy (non-hydrogen) atoms. The van der Waals surface area contributed by atoms with Crippen LogP contribution in [-0.4, -0.2) is 92.6 Å². The highest BCUT2D eigenvalue weighted by atomic mass is 16.7. The number of rotatable bonds is 8. The third-order valence-electron chi connectivity index (χ3n) is 12.2. The second kappa shape index (κ2) is 11.5. The third kappa shape index (κ3) is 5.28. The lowest BCUT2D eigenvalue weighted by atomic mass is 9.43. The molecule has 0 aromatic rings. The fourth-order valence-corrected chi connectivity index (χ4v) is 10.1. The second-order valence-electron chi connectivity index (χ2n) is 14.1. The summed E-state index contributed by atoms with van der Waals surface area (Å²) in [6.07, 6.45) is 8.85. The zero-order valence-corrected chi connectivity index (χ0v) is 25.1. The molecule has 9 heteroatoms. The number of esters is 2. The number of aliphatic hydroxyl groups is 1. The van der Waals surface area contributed by atoms with E-state index in [4.69, 9.17) is 23.7 Å². The van der Waals surface area contributed by atoms with E-state index in [-0.39, 0.29) is 41.9 Å². The van der Waals surface area contributed by atoms with Gasteiger partial charge in [-0.2, -0.15) is 0 Å². The predicted molar refractivity (Wildman–Crippen MR) is 150 cm³/mol. The Hall–Kier alpha value is -1.52. The highest BCUT2D eigenvalue weighted by molar-refractivity contribution is 5.85. The van der Waals surface area contributed by atoms with Crippen LogP contribution in [0.1, 0.15) is 72.1 Å². The number of nitrogens with zero attached hydrogens (tertiary/aromatic N) is 1. The Balaban J connectivity index is 1.10. The Morgan fingerprint density at radius 1 is 1.12 bits per heavy atom. The quantitative estimate of drug-likeness (QED) is 0.265. The maximum absolute atomic E-state index is 12.7. The van der Waals surface area contributed by atoms with Gasteiger partial charge in [0.15, 0.2) is 0 Å². The summed E-state index contributed by atoms with van der Waals surface area (Å²) in [4.78, 5) is 26.5. The van der Waals surface area contributed by atoms with Gasteiger partial charge in [-0.05, 0) is 73.7 Å². The number of ether oxygens (including phenoxy) is 5. The molecule has 4 saturated carbocycles. The lowest BCUT2D eigenvalue weighted by molar-refractivity contribution is -0.213. The smallest absolute Gasteiger partial charge is 0.331 e. The molecule has 0 bridgehead atoms. The van der Waals surface area contributed by atoms with Crippen LogP contribution in [0.2, 0.25) is 0 Å². The molecule has 2 aliphatic heterocycles. The van der Waals surface area contributed by atoms with Crippen LogP contribution in [0.15, 0.2) is 11.6 Å². The molecule has 6 aliphatic rings. The van der Waals surface area contributed by atoms with Crippen molar-refractivity contribution in [3.8, 4) is 0 Å². The molecular formula is C32H49NO8. The summed E-state index contributed by atoms with van der Waals surface area (Å²) in [6, 6.07) is 0. The minimum Gasteiger partial charge on any atom is -0.462 e. The van der Waals surface area contributed by atoms with Crippen molar-refractivity contribution in [3.63, 3.8) is 0 Å². The van der Waals surface area contributed by atoms with Crippen LogP contribution < -0.4 is 0 Å². The Morgan fingerprint density at radius 2 is 1.93 bits per heavy atom. The Bertz CT molecular complexity index is 1030. The highest BCUT2D eigenvalue weighted by Crippen LogP contribution is 2.70. The minimum absolute atomic E-state index is 0.144. The number of carbonyl (C=O) groups excluding carboxylic acids is 2. The van der Waals surface area contributed by atoms with Gasteiger partial charge in [-0.1, -0.05) is 13.8 Å². The lowest BCUT2D eigenvalue weighted by Gasteiger charge is -2.63. The van der Waals surface area contributed by atoms with Crippen molar-refractivity contribution >= 4 is 11.9 Å². The molecule has 0 spiro atoms. The summed E-state index contributed by atoms with van der Waals surface area (Å²) >= 11 is 0. The average Bonchev–Trinajstić information content (AvgIpc) is 3.45. The predicted octanol–water partition coefficient (Wildman–Crippen LogP) is 3.48. The van der Waals surface area contributed by atoms with Crippen molar-refractivity contribution in [2.24, 2.45) is 34.5 Å². The molecule has 6 rings (SSSR count). The Morgan fingerprint density at radius 3 is 2.66 bits per heavy atom. The van der Waals surface area contributed by atoms with Gasteiger partial charge in [-0.3, -0.25) is 9.69 Å². The van der Waals surface area contributed by atoms with Gasteiger partial charge in [0.1, 0.15) is 19.5 Å². The maximum atomic E-state index is 12.7. The van der Waals surface area contributed by atoms with Crippen LogP contribution >= 0.6 is 0 Å². The number of fused-ring (bicyclic) bond motifs is 5. The van der Waals surface area contributed by atoms with Gasteiger partial charge in [-0.15, -0.1) is 0 Å². The van der Waals surface area contributed by atoms with Crippen LogP contribution in [-0.2, 0) is 33.3 Å². The zero-order valence-electron chi connectivity index (χ0n) is 25.1. The number of hydrogen-bond donors (Lipinski definition) is 1. The summed E-state index contributed by atoms with van der Waals surface area (Å²) in [5, 5.41) is 12.7. The van der Waals surface area contributed by atoms with E-state index in [9.17, 15) is 14.7 Å². The molecule has 1 N–H and O–H groups in total. The molecule has 0 radical (unpaired) electrons. The zero-order chi connectivity index (χ0) is 28.8. The van der Waals surface area contributed by atoms with E-state index in [2.05, 4.69) is 18.7 Å². The van der Waals surface area contributed by atoms with E-state index >= 15 is 0 Å². The molecule has 0 aromatic heterocycles. The molecule has 2 heterocycles. The second-order valence-corrected chi connectivity index (χ2v) is 14.1. The standard InChI is InChI=1S/C32H49NO8/c1-21(34)41-27-18-32(36)26-5-4-23-17-24(40-20-38-15-12-33-10-13-37-14-11-33)6-8-30(23,2)25(26)7-9-31(32,3)29(27)22-16-28(35)39-19-22/h16,23-27,29,36H,4-15,17-20H2,1-3H3/t23-,24+,25+,26-,27+,29+,30+,31-,32+/m1/s1. The average molecular weight is 576 g/mol. The van der Waals surface area contributed by atoms with E-state index in [0.29, 0.717) is 31.7 Å². The monoisotopic (exact) mass is 575 g/mol. The first-order chi connectivity index (χ1) is 19.6. The van der Waals surface area contributed by atoms with Crippen molar-refractivity contribution in [1.29, 1.82) is 0 Å². The van der Waals surface area contributed by atoms with Crippen LogP contribution in [0, 0.1) is 34.5 Å². The molecular weight excluding hydrogens is 526 g/mol. The molecule has 9 nitrogen and oxygen atoms in total. The topological polar surface area (TPSA) is 104 Å². The van der Waals surface area contributed by atoms with E-state index in [1.165, 1.54) is 6.92 Å². The molecule has 0 aromatic carbocycles. The fraction of sp³-hybridized carbons (Fsp3) is 0.875. The number of carbonyl (C=O) groups is 2. The van der Waals surface area contributed by atoms with Crippen LogP contribution in [0.5, 0.6) is 0 Å².